The maximum atomic E-state index is 12.9. The number of hydrogen-bond donors (Lipinski definition) is 1. The van der Waals surface area contributed by atoms with Crippen LogP contribution in [-0.2, 0) is 19.9 Å². The van der Waals surface area contributed by atoms with Crippen LogP contribution in [0.3, 0.4) is 0 Å². The third-order valence-corrected chi connectivity index (χ3v) is 4.00. The molecule has 2 heterocycles. The molecule has 2 aromatic rings. The fourth-order valence-electron chi connectivity index (χ4n) is 2.98. The first kappa shape index (κ1) is 13.7. The molecule has 110 valence electrons. The summed E-state index contributed by atoms with van der Waals surface area (Å²) in [7, 11) is 1.85. The zero-order valence-electron chi connectivity index (χ0n) is 12.5. The first-order valence-corrected chi connectivity index (χ1v) is 7.33. The summed E-state index contributed by atoms with van der Waals surface area (Å²) in [6, 6.07) is 5.78. The van der Waals surface area contributed by atoms with Crippen LogP contribution < -0.4 is 10.6 Å². The number of fused-ring (bicyclic) bond motifs is 1. The molecule has 1 aliphatic heterocycles. The Morgan fingerprint density at radius 3 is 3.00 bits per heavy atom. The number of rotatable bonds is 2. The van der Waals surface area contributed by atoms with E-state index in [2.05, 4.69) is 5.10 Å². The second-order valence-electron chi connectivity index (χ2n) is 5.42. The van der Waals surface area contributed by atoms with Gasteiger partial charge in [0.05, 0.1) is 11.3 Å². The van der Waals surface area contributed by atoms with E-state index in [1.165, 1.54) is 0 Å². The fourth-order valence-corrected chi connectivity index (χ4v) is 2.98. The molecule has 2 N–H and O–H groups in total. The number of amides is 1. The topological polar surface area (TPSA) is 64.2 Å². The Hall–Kier alpha value is -2.30. The Balaban J connectivity index is 2.02. The number of aromatic nitrogens is 2. The Bertz CT molecular complexity index is 690. The van der Waals surface area contributed by atoms with E-state index < -0.39 is 0 Å². The van der Waals surface area contributed by atoms with Crippen molar-refractivity contribution in [3.05, 3.63) is 41.2 Å². The minimum absolute atomic E-state index is 0.0199. The second-order valence-corrected chi connectivity index (χ2v) is 5.42. The summed E-state index contributed by atoms with van der Waals surface area (Å²) in [6.45, 7) is 2.74. The monoisotopic (exact) mass is 284 g/mol. The molecule has 1 aliphatic rings. The average molecular weight is 284 g/mol. The zero-order valence-corrected chi connectivity index (χ0v) is 12.5. The van der Waals surface area contributed by atoms with Crippen molar-refractivity contribution in [3.8, 4) is 0 Å². The van der Waals surface area contributed by atoms with Gasteiger partial charge in [0.1, 0.15) is 0 Å². The smallest absolute Gasteiger partial charge is 0.261 e. The number of carbonyl (C=O) groups is 1. The number of benzene rings is 1. The Labute approximate surface area is 124 Å². The highest BCUT2D eigenvalue weighted by Crippen LogP contribution is 2.32. The molecule has 0 aliphatic carbocycles. The number of anilines is 2. The number of carbonyl (C=O) groups excluding carboxylic acids is 1. The molecule has 3 rings (SSSR count). The van der Waals surface area contributed by atoms with Crippen LogP contribution in [0, 0.1) is 0 Å². The molecule has 5 heteroatoms. The van der Waals surface area contributed by atoms with Gasteiger partial charge < -0.3 is 10.6 Å². The molecule has 0 atom stereocenters. The van der Waals surface area contributed by atoms with E-state index in [9.17, 15) is 4.79 Å². The SMILES string of the molecule is CCc1nn(C)cc1C(=O)N1CCCc2c(N)cccc21. The molecule has 0 fully saturated rings. The van der Waals surface area contributed by atoms with Gasteiger partial charge in [0.15, 0.2) is 0 Å². The van der Waals surface area contributed by atoms with Crippen LogP contribution in [0.4, 0.5) is 11.4 Å². The number of aryl methyl sites for hydroxylation is 2. The number of nitrogens with zero attached hydrogens (tertiary/aromatic N) is 3. The molecule has 0 saturated carbocycles. The molecule has 0 bridgehead atoms. The van der Waals surface area contributed by atoms with Crippen molar-refractivity contribution in [1.29, 1.82) is 0 Å². The van der Waals surface area contributed by atoms with E-state index in [4.69, 9.17) is 5.73 Å². The van der Waals surface area contributed by atoms with Gasteiger partial charge in [0, 0.05) is 31.2 Å². The van der Waals surface area contributed by atoms with Gasteiger partial charge >= 0.3 is 0 Å². The standard InChI is InChI=1S/C16H20N4O/c1-3-14-12(10-19(2)18-14)16(21)20-9-5-6-11-13(17)7-4-8-15(11)20/h4,7-8,10H,3,5-6,9,17H2,1-2H3. The van der Waals surface area contributed by atoms with Crippen molar-refractivity contribution in [3.63, 3.8) is 0 Å². The number of hydrogen-bond acceptors (Lipinski definition) is 3. The molecule has 21 heavy (non-hydrogen) atoms. The highest BCUT2D eigenvalue weighted by atomic mass is 16.2. The summed E-state index contributed by atoms with van der Waals surface area (Å²) < 4.78 is 1.70. The average Bonchev–Trinajstić information content (AvgIpc) is 2.87. The molecule has 1 aromatic heterocycles. The fraction of sp³-hybridized carbons (Fsp3) is 0.375. The summed E-state index contributed by atoms with van der Waals surface area (Å²) in [5.41, 5.74) is 10.4. The molecule has 0 saturated heterocycles. The summed E-state index contributed by atoms with van der Waals surface area (Å²) in [4.78, 5) is 14.7. The minimum atomic E-state index is 0.0199. The molecular weight excluding hydrogens is 264 g/mol. The molecule has 1 aromatic carbocycles. The van der Waals surface area contributed by atoms with Gasteiger partial charge in [-0.3, -0.25) is 9.48 Å². The molecular formula is C16H20N4O. The Morgan fingerprint density at radius 1 is 1.43 bits per heavy atom. The molecule has 0 spiro atoms. The largest absolute Gasteiger partial charge is 0.398 e. The van der Waals surface area contributed by atoms with Crippen molar-refractivity contribution >= 4 is 17.3 Å². The quantitative estimate of drug-likeness (QED) is 0.859. The maximum Gasteiger partial charge on any atom is 0.261 e. The van der Waals surface area contributed by atoms with E-state index in [0.717, 1.165) is 48.4 Å². The van der Waals surface area contributed by atoms with Crippen molar-refractivity contribution < 1.29 is 4.79 Å². The molecule has 5 nitrogen and oxygen atoms in total. The number of nitrogen functional groups attached to an aromatic ring is 1. The van der Waals surface area contributed by atoms with Crippen LogP contribution in [0.15, 0.2) is 24.4 Å². The number of nitrogens with two attached hydrogens (primary N) is 1. The van der Waals surface area contributed by atoms with Gasteiger partial charge in [0.2, 0.25) is 0 Å². The van der Waals surface area contributed by atoms with Crippen molar-refractivity contribution in [2.45, 2.75) is 26.2 Å². The van der Waals surface area contributed by atoms with Gasteiger partial charge in [-0.15, -0.1) is 0 Å². The first-order valence-electron chi connectivity index (χ1n) is 7.33. The Kier molecular flexibility index (Phi) is 3.41. The predicted molar refractivity (Wildman–Crippen MR) is 83.4 cm³/mol. The lowest BCUT2D eigenvalue weighted by Crippen LogP contribution is -2.36. The summed E-state index contributed by atoms with van der Waals surface area (Å²) in [5.74, 6) is 0.0199. The van der Waals surface area contributed by atoms with Crippen LogP contribution in [0.25, 0.3) is 0 Å². The van der Waals surface area contributed by atoms with Crippen LogP contribution in [0.5, 0.6) is 0 Å². The van der Waals surface area contributed by atoms with Crippen molar-refractivity contribution in [1.82, 2.24) is 9.78 Å². The lowest BCUT2D eigenvalue weighted by Gasteiger charge is -2.30. The third kappa shape index (κ3) is 2.28. The van der Waals surface area contributed by atoms with E-state index in [1.54, 1.807) is 4.68 Å². The molecule has 0 unspecified atom stereocenters. The summed E-state index contributed by atoms with van der Waals surface area (Å²) in [5, 5.41) is 4.36. The minimum Gasteiger partial charge on any atom is -0.398 e. The van der Waals surface area contributed by atoms with Crippen LogP contribution in [-0.4, -0.2) is 22.2 Å². The summed E-state index contributed by atoms with van der Waals surface area (Å²) >= 11 is 0. The normalized spacial score (nSPS) is 14.1. The molecule has 0 radical (unpaired) electrons. The van der Waals surface area contributed by atoms with E-state index in [-0.39, 0.29) is 5.91 Å². The third-order valence-electron chi connectivity index (χ3n) is 4.00. The maximum absolute atomic E-state index is 12.9. The van der Waals surface area contributed by atoms with Gasteiger partial charge in [-0.2, -0.15) is 5.10 Å². The first-order chi connectivity index (χ1) is 10.1. The lowest BCUT2D eigenvalue weighted by atomic mass is 9.99. The van der Waals surface area contributed by atoms with Crippen molar-refractivity contribution in [2.24, 2.45) is 7.05 Å². The summed E-state index contributed by atoms with van der Waals surface area (Å²) in [6.07, 6.45) is 4.43. The van der Waals surface area contributed by atoms with Crippen LogP contribution >= 0.6 is 0 Å². The lowest BCUT2D eigenvalue weighted by molar-refractivity contribution is 0.0984. The second kappa shape index (κ2) is 5.24. The highest BCUT2D eigenvalue weighted by Gasteiger charge is 2.27. The van der Waals surface area contributed by atoms with E-state index in [0.29, 0.717) is 5.56 Å². The van der Waals surface area contributed by atoms with E-state index >= 15 is 0 Å². The van der Waals surface area contributed by atoms with Crippen molar-refractivity contribution in [2.75, 3.05) is 17.2 Å². The van der Waals surface area contributed by atoms with Gasteiger partial charge in [-0.25, -0.2) is 0 Å². The van der Waals surface area contributed by atoms with Gasteiger partial charge in [0.25, 0.3) is 5.91 Å². The predicted octanol–water partition coefficient (Wildman–Crippen LogP) is 2.16. The zero-order chi connectivity index (χ0) is 15.0. The van der Waals surface area contributed by atoms with Crippen LogP contribution in [0.1, 0.15) is 35.0 Å². The Morgan fingerprint density at radius 2 is 2.24 bits per heavy atom. The van der Waals surface area contributed by atoms with E-state index in [1.807, 2.05) is 43.3 Å². The van der Waals surface area contributed by atoms with Gasteiger partial charge in [-0.05, 0) is 37.0 Å². The van der Waals surface area contributed by atoms with Crippen LogP contribution in [0.2, 0.25) is 0 Å². The van der Waals surface area contributed by atoms with Gasteiger partial charge in [-0.1, -0.05) is 13.0 Å². The highest BCUT2D eigenvalue weighted by molar-refractivity contribution is 6.07. The molecule has 1 amide bonds.